The Morgan fingerprint density at radius 3 is 2.20 bits per heavy atom. The largest absolute Gasteiger partial charge is 0.0827 e. The van der Waals surface area contributed by atoms with E-state index in [0.29, 0.717) is 10.0 Å². The van der Waals surface area contributed by atoms with Gasteiger partial charge in [0.1, 0.15) is 0 Å². The van der Waals surface area contributed by atoms with Gasteiger partial charge < -0.3 is 0 Å². The maximum atomic E-state index is 5.85. The van der Waals surface area contributed by atoms with Crippen LogP contribution in [0, 0.1) is 13.8 Å². The molecule has 1 rings (SSSR count). The highest BCUT2D eigenvalue weighted by molar-refractivity contribution is 6.42. The van der Waals surface area contributed by atoms with Gasteiger partial charge in [-0.05, 0) is 31.0 Å². The molecule has 0 amide bonds. The molecule has 0 spiro atoms. The van der Waals surface area contributed by atoms with Crippen LogP contribution in [-0.2, 0) is 0 Å². The van der Waals surface area contributed by atoms with Crippen molar-refractivity contribution in [2.75, 3.05) is 0 Å². The first-order valence-corrected chi connectivity index (χ1v) is 3.79. The molecule has 0 fully saturated rings. The van der Waals surface area contributed by atoms with E-state index in [-0.39, 0.29) is 0 Å². The van der Waals surface area contributed by atoms with E-state index in [2.05, 4.69) is 0 Å². The molecule has 54 valence electrons. The second kappa shape index (κ2) is 2.81. The molecule has 0 N–H and O–H groups in total. The Hall–Kier alpha value is -0.200. The summed E-state index contributed by atoms with van der Waals surface area (Å²) < 4.78 is 0. The lowest BCUT2D eigenvalue weighted by molar-refractivity contribution is 1.34. The van der Waals surface area contributed by atoms with Crippen molar-refractivity contribution in [3.05, 3.63) is 33.3 Å². The van der Waals surface area contributed by atoms with Crippen LogP contribution in [0.3, 0.4) is 0 Å². The Morgan fingerprint density at radius 1 is 1.10 bits per heavy atom. The minimum Gasteiger partial charge on any atom is -0.0827 e. The fourth-order valence-electron chi connectivity index (χ4n) is 0.749. The Labute approximate surface area is 70.8 Å². The van der Waals surface area contributed by atoms with E-state index < -0.39 is 0 Å². The summed E-state index contributed by atoms with van der Waals surface area (Å²) in [6.07, 6.45) is 0. The predicted molar refractivity (Wildman–Crippen MR) is 45.9 cm³/mol. The Morgan fingerprint density at radius 2 is 1.70 bits per heavy atom. The fraction of sp³-hybridized carbons (Fsp3) is 0.250. The molecule has 0 saturated heterocycles. The van der Waals surface area contributed by atoms with Crippen molar-refractivity contribution < 1.29 is 0 Å². The molecule has 0 heterocycles. The molecule has 0 aliphatic rings. The van der Waals surface area contributed by atoms with Crippen LogP contribution in [0.1, 0.15) is 11.1 Å². The highest BCUT2D eigenvalue weighted by atomic mass is 35.5. The normalized spacial score (nSPS) is 10.0. The van der Waals surface area contributed by atoms with Crippen molar-refractivity contribution in [1.82, 2.24) is 0 Å². The van der Waals surface area contributed by atoms with Crippen molar-refractivity contribution >= 4 is 23.2 Å². The number of hydrogen-bond acceptors (Lipinski definition) is 0. The van der Waals surface area contributed by atoms with E-state index in [1.807, 2.05) is 26.0 Å². The summed E-state index contributed by atoms with van der Waals surface area (Å²) in [7, 11) is 0. The summed E-state index contributed by atoms with van der Waals surface area (Å²) in [6.45, 7) is 3.97. The molecule has 0 bridgehead atoms. The minimum absolute atomic E-state index is 0.629. The Balaban J connectivity index is 3.34. The second-order valence-corrected chi connectivity index (χ2v) is 3.09. The van der Waals surface area contributed by atoms with E-state index in [4.69, 9.17) is 23.2 Å². The number of aryl methyl sites for hydroxylation is 1. The quantitative estimate of drug-likeness (QED) is 0.564. The van der Waals surface area contributed by atoms with Crippen molar-refractivity contribution in [3.63, 3.8) is 0 Å². The first-order chi connectivity index (χ1) is 4.63. The number of rotatable bonds is 0. The summed E-state index contributed by atoms with van der Waals surface area (Å²) in [4.78, 5) is 0. The van der Waals surface area contributed by atoms with Crippen LogP contribution in [0.2, 0.25) is 10.0 Å². The number of benzene rings is 1. The lowest BCUT2D eigenvalue weighted by Gasteiger charge is -2.02. The van der Waals surface area contributed by atoms with Gasteiger partial charge in [-0.25, -0.2) is 0 Å². The number of halogens is 2. The molecule has 0 aliphatic heterocycles. The third kappa shape index (κ3) is 1.28. The van der Waals surface area contributed by atoms with Crippen molar-refractivity contribution in [3.8, 4) is 0 Å². The molecule has 0 atom stereocenters. The third-order valence-corrected chi connectivity index (χ3v) is 2.51. The molecule has 1 aromatic rings. The average Bonchev–Trinajstić information content (AvgIpc) is 1.93. The molecule has 0 saturated carbocycles. The molecular weight excluding hydrogens is 167 g/mol. The predicted octanol–water partition coefficient (Wildman–Crippen LogP) is 3.61. The van der Waals surface area contributed by atoms with Gasteiger partial charge in [-0.1, -0.05) is 29.3 Å². The van der Waals surface area contributed by atoms with Gasteiger partial charge in [0, 0.05) is 0 Å². The zero-order chi connectivity index (χ0) is 7.72. The smallest absolute Gasteiger partial charge is 0.0624 e. The van der Waals surface area contributed by atoms with Crippen molar-refractivity contribution in [2.24, 2.45) is 0 Å². The molecular formula is C8H8Cl2. The maximum absolute atomic E-state index is 5.85. The summed E-state index contributed by atoms with van der Waals surface area (Å²) in [5.74, 6) is 0. The van der Waals surface area contributed by atoms with Crippen LogP contribution in [0.5, 0.6) is 0 Å². The molecule has 0 radical (unpaired) electrons. The number of hydrogen-bond donors (Lipinski definition) is 0. The van der Waals surface area contributed by atoms with Crippen molar-refractivity contribution in [1.29, 1.82) is 0 Å². The molecule has 0 aliphatic carbocycles. The average molecular weight is 175 g/mol. The molecule has 0 unspecified atom stereocenters. The summed E-state index contributed by atoms with van der Waals surface area (Å²) >= 11 is 11.6. The second-order valence-electron chi connectivity index (χ2n) is 2.30. The highest BCUT2D eigenvalue weighted by Crippen LogP contribution is 2.26. The van der Waals surface area contributed by atoms with Crippen LogP contribution in [-0.4, -0.2) is 0 Å². The SMILES string of the molecule is Cc1ccc(Cl)c(Cl)c1C. The van der Waals surface area contributed by atoms with Gasteiger partial charge in [-0.3, -0.25) is 0 Å². The lowest BCUT2D eigenvalue weighted by atomic mass is 10.1. The van der Waals surface area contributed by atoms with Gasteiger partial charge in [-0.2, -0.15) is 0 Å². The highest BCUT2D eigenvalue weighted by Gasteiger charge is 2.01. The molecule has 10 heavy (non-hydrogen) atoms. The van der Waals surface area contributed by atoms with Crippen molar-refractivity contribution in [2.45, 2.75) is 13.8 Å². The summed E-state index contributed by atoms with van der Waals surface area (Å²) in [5, 5.41) is 1.30. The van der Waals surface area contributed by atoms with Gasteiger partial charge in [0.05, 0.1) is 10.0 Å². The van der Waals surface area contributed by atoms with E-state index in [9.17, 15) is 0 Å². The summed E-state index contributed by atoms with van der Waals surface area (Å²) in [6, 6.07) is 3.77. The Bertz CT molecular complexity index is 227. The minimum atomic E-state index is 0.629. The standard InChI is InChI=1S/C8H8Cl2/c1-5-3-4-7(9)8(10)6(5)2/h3-4H,1-2H3. The van der Waals surface area contributed by atoms with Crippen LogP contribution in [0.15, 0.2) is 12.1 Å². The van der Waals surface area contributed by atoms with E-state index in [1.165, 1.54) is 5.56 Å². The van der Waals surface area contributed by atoms with E-state index in [0.717, 1.165) is 5.56 Å². The van der Waals surface area contributed by atoms with Gasteiger partial charge in [0.2, 0.25) is 0 Å². The third-order valence-electron chi connectivity index (χ3n) is 1.61. The molecule has 2 heteroatoms. The maximum Gasteiger partial charge on any atom is 0.0624 e. The lowest BCUT2D eigenvalue weighted by Crippen LogP contribution is -1.81. The Kier molecular flexibility index (Phi) is 2.22. The van der Waals surface area contributed by atoms with Gasteiger partial charge >= 0.3 is 0 Å². The van der Waals surface area contributed by atoms with E-state index in [1.54, 1.807) is 0 Å². The topological polar surface area (TPSA) is 0 Å². The van der Waals surface area contributed by atoms with Crippen LogP contribution in [0.25, 0.3) is 0 Å². The molecule has 0 aromatic heterocycles. The van der Waals surface area contributed by atoms with Crippen LogP contribution >= 0.6 is 23.2 Å². The van der Waals surface area contributed by atoms with Crippen LogP contribution in [0.4, 0.5) is 0 Å². The first-order valence-electron chi connectivity index (χ1n) is 3.04. The van der Waals surface area contributed by atoms with Gasteiger partial charge in [-0.15, -0.1) is 0 Å². The zero-order valence-electron chi connectivity index (χ0n) is 5.91. The fourth-order valence-corrected chi connectivity index (χ4v) is 1.17. The monoisotopic (exact) mass is 174 g/mol. The molecule has 1 aromatic carbocycles. The van der Waals surface area contributed by atoms with E-state index >= 15 is 0 Å². The van der Waals surface area contributed by atoms with Crippen LogP contribution < -0.4 is 0 Å². The van der Waals surface area contributed by atoms with Gasteiger partial charge in [0.15, 0.2) is 0 Å². The summed E-state index contributed by atoms with van der Waals surface area (Å²) in [5.41, 5.74) is 2.24. The molecule has 0 nitrogen and oxygen atoms in total. The first kappa shape index (κ1) is 7.90. The van der Waals surface area contributed by atoms with Gasteiger partial charge in [0.25, 0.3) is 0 Å². The zero-order valence-corrected chi connectivity index (χ0v) is 7.42.